The molecule has 0 spiro atoms. The highest BCUT2D eigenvalue weighted by Crippen LogP contribution is 2.06. The molecule has 1 heterocycles. The molecule has 3 N–H and O–H groups in total. The first-order valence-corrected chi connectivity index (χ1v) is 4.06. The number of aryl methyl sites for hydroxylation is 1. The van der Waals surface area contributed by atoms with Gasteiger partial charge in [0, 0.05) is 19.8 Å². The lowest BCUT2D eigenvalue weighted by Crippen LogP contribution is -2.22. The number of aromatic nitrogens is 2. The number of hydroxylamine groups is 1. The summed E-state index contributed by atoms with van der Waals surface area (Å²) in [5.74, 6) is 0.374. The topological polar surface area (TPSA) is 85.1 Å². The van der Waals surface area contributed by atoms with E-state index in [1.54, 1.807) is 16.4 Å². The van der Waals surface area contributed by atoms with E-state index in [-0.39, 0.29) is 5.84 Å². The third-order valence-corrected chi connectivity index (χ3v) is 1.61. The van der Waals surface area contributed by atoms with E-state index >= 15 is 0 Å². The third kappa shape index (κ3) is 2.17. The van der Waals surface area contributed by atoms with Crippen LogP contribution in [0.4, 0.5) is 5.95 Å². The van der Waals surface area contributed by atoms with Crippen molar-refractivity contribution in [2.75, 3.05) is 19.0 Å². The van der Waals surface area contributed by atoms with Gasteiger partial charge in [0.25, 0.3) is 0 Å². The van der Waals surface area contributed by atoms with Crippen LogP contribution in [-0.2, 0) is 0 Å². The summed E-state index contributed by atoms with van der Waals surface area (Å²) >= 11 is 0. The predicted octanol–water partition coefficient (Wildman–Crippen LogP) is 0.155. The summed E-state index contributed by atoms with van der Waals surface area (Å²) in [6, 6.07) is 1.62. The van der Waals surface area contributed by atoms with Crippen LogP contribution in [0.2, 0.25) is 0 Å². The van der Waals surface area contributed by atoms with Crippen molar-refractivity contribution in [1.82, 2.24) is 15.4 Å². The molecular formula is C8H13N5O. The molecule has 1 rings (SSSR count). The van der Waals surface area contributed by atoms with Crippen LogP contribution in [0.3, 0.4) is 0 Å². The minimum Gasteiger partial charge on any atom is -0.347 e. The van der Waals surface area contributed by atoms with E-state index in [0.717, 1.165) is 5.69 Å². The van der Waals surface area contributed by atoms with E-state index in [0.29, 0.717) is 11.6 Å². The summed E-state index contributed by atoms with van der Waals surface area (Å²) < 4.78 is 0. The van der Waals surface area contributed by atoms with Gasteiger partial charge in [0.1, 0.15) is 5.69 Å². The Kier molecular flexibility index (Phi) is 2.98. The second-order valence-electron chi connectivity index (χ2n) is 3.08. The summed E-state index contributed by atoms with van der Waals surface area (Å²) in [6.07, 6.45) is 0. The van der Waals surface area contributed by atoms with E-state index in [1.165, 1.54) is 0 Å². The summed E-state index contributed by atoms with van der Waals surface area (Å²) in [7, 11) is 3.63. The lowest BCUT2D eigenvalue weighted by atomic mass is 10.3. The maximum absolute atomic E-state index is 8.56. The highest BCUT2D eigenvalue weighted by Gasteiger charge is 2.07. The molecule has 0 bridgehead atoms. The quantitative estimate of drug-likeness (QED) is 0.355. The fourth-order valence-electron chi connectivity index (χ4n) is 0.938. The van der Waals surface area contributed by atoms with Crippen molar-refractivity contribution >= 4 is 11.8 Å². The normalized spacial score (nSPS) is 9.71. The Bertz CT molecular complexity index is 350. The highest BCUT2D eigenvalue weighted by atomic mass is 16.5. The SMILES string of the molecule is Cc1cc(C(=N)NO)nc(N(C)C)n1. The van der Waals surface area contributed by atoms with E-state index < -0.39 is 0 Å². The van der Waals surface area contributed by atoms with Gasteiger partial charge in [-0.05, 0) is 13.0 Å². The molecule has 0 aliphatic heterocycles. The highest BCUT2D eigenvalue weighted by molar-refractivity contribution is 5.93. The standard InChI is InChI=1S/C8H13N5O/c1-5-4-6(7(9)12-14)11-8(10-5)13(2)3/h4,14H,1-3H3,(H2,9,12). The number of rotatable bonds is 2. The van der Waals surface area contributed by atoms with Crippen molar-refractivity contribution in [2.24, 2.45) is 0 Å². The van der Waals surface area contributed by atoms with Gasteiger partial charge in [-0.1, -0.05) is 0 Å². The molecule has 0 fully saturated rings. The second-order valence-corrected chi connectivity index (χ2v) is 3.08. The van der Waals surface area contributed by atoms with E-state index in [2.05, 4.69) is 9.97 Å². The Morgan fingerprint density at radius 2 is 2.14 bits per heavy atom. The molecule has 0 radical (unpaired) electrons. The first-order chi connectivity index (χ1) is 6.54. The molecule has 76 valence electrons. The number of nitrogens with zero attached hydrogens (tertiary/aromatic N) is 3. The van der Waals surface area contributed by atoms with Gasteiger partial charge in [-0.25, -0.2) is 9.97 Å². The van der Waals surface area contributed by atoms with Crippen LogP contribution < -0.4 is 10.4 Å². The minimum absolute atomic E-state index is 0.140. The maximum atomic E-state index is 8.56. The molecule has 6 heteroatoms. The zero-order valence-electron chi connectivity index (χ0n) is 8.37. The van der Waals surface area contributed by atoms with E-state index in [9.17, 15) is 0 Å². The fourth-order valence-corrected chi connectivity index (χ4v) is 0.938. The van der Waals surface area contributed by atoms with Gasteiger partial charge in [-0.2, -0.15) is 0 Å². The molecule has 0 aromatic carbocycles. The van der Waals surface area contributed by atoms with Crippen LogP contribution in [0, 0.1) is 12.3 Å². The Labute approximate surface area is 82.1 Å². The second kappa shape index (κ2) is 4.01. The molecular weight excluding hydrogens is 182 g/mol. The zero-order chi connectivity index (χ0) is 10.7. The molecule has 0 amide bonds. The number of nitrogens with one attached hydrogen (secondary N) is 2. The molecule has 14 heavy (non-hydrogen) atoms. The molecule has 0 atom stereocenters. The number of anilines is 1. The Morgan fingerprint density at radius 3 is 2.64 bits per heavy atom. The van der Waals surface area contributed by atoms with Gasteiger partial charge in [0.2, 0.25) is 5.95 Å². The first-order valence-electron chi connectivity index (χ1n) is 4.06. The molecule has 6 nitrogen and oxygen atoms in total. The van der Waals surface area contributed by atoms with Crippen LogP contribution in [0.15, 0.2) is 6.07 Å². The Balaban J connectivity index is 3.13. The van der Waals surface area contributed by atoms with Gasteiger partial charge >= 0.3 is 0 Å². The van der Waals surface area contributed by atoms with Crippen molar-refractivity contribution in [3.63, 3.8) is 0 Å². The molecule has 1 aromatic rings. The van der Waals surface area contributed by atoms with Crippen molar-refractivity contribution in [1.29, 1.82) is 5.41 Å². The van der Waals surface area contributed by atoms with Crippen LogP contribution in [-0.4, -0.2) is 35.1 Å². The smallest absolute Gasteiger partial charge is 0.225 e. The van der Waals surface area contributed by atoms with Gasteiger partial charge in [0.05, 0.1) is 0 Å². The van der Waals surface area contributed by atoms with Crippen LogP contribution in [0.25, 0.3) is 0 Å². The van der Waals surface area contributed by atoms with Crippen LogP contribution in [0.1, 0.15) is 11.4 Å². The van der Waals surface area contributed by atoms with Gasteiger partial charge in [0.15, 0.2) is 5.84 Å². The molecule has 0 aliphatic carbocycles. The summed E-state index contributed by atoms with van der Waals surface area (Å²) in [4.78, 5) is 9.97. The van der Waals surface area contributed by atoms with Gasteiger partial charge in [-0.15, -0.1) is 0 Å². The Morgan fingerprint density at radius 1 is 1.50 bits per heavy atom. The van der Waals surface area contributed by atoms with Crippen molar-refractivity contribution < 1.29 is 5.21 Å². The average molecular weight is 195 g/mol. The molecule has 0 unspecified atom stereocenters. The van der Waals surface area contributed by atoms with E-state index in [1.807, 2.05) is 21.0 Å². The Hall–Kier alpha value is -1.69. The number of hydrogen-bond donors (Lipinski definition) is 3. The fraction of sp³-hybridized carbons (Fsp3) is 0.375. The van der Waals surface area contributed by atoms with Crippen LogP contribution in [0.5, 0.6) is 0 Å². The molecule has 0 aliphatic rings. The van der Waals surface area contributed by atoms with Gasteiger partial charge in [-0.3, -0.25) is 16.1 Å². The lowest BCUT2D eigenvalue weighted by molar-refractivity contribution is 0.234. The average Bonchev–Trinajstić information content (AvgIpc) is 2.15. The number of hydrogen-bond acceptors (Lipinski definition) is 5. The van der Waals surface area contributed by atoms with Crippen molar-refractivity contribution in [3.05, 3.63) is 17.5 Å². The van der Waals surface area contributed by atoms with Crippen LogP contribution >= 0.6 is 0 Å². The lowest BCUT2D eigenvalue weighted by Gasteiger charge is -2.12. The summed E-state index contributed by atoms with van der Waals surface area (Å²) in [6.45, 7) is 1.81. The first kappa shape index (κ1) is 10.4. The summed E-state index contributed by atoms with van der Waals surface area (Å²) in [5.41, 5.74) is 2.86. The summed E-state index contributed by atoms with van der Waals surface area (Å²) in [5, 5.41) is 15.9. The minimum atomic E-state index is -0.140. The predicted molar refractivity (Wildman–Crippen MR) is 52.8 cm³/mol. The zero-order valence-corrected chi connectivity index (χ0v) is 8.37. The largest absolute Gasteiger partial charge is 0.347 e. The van der Waals surface area contributed by atoms with Crippen molar-refractivity contribution in [2.45, 2.75) is 6.92 Å². The third-order valence-electron chi connectivity index (χ3n) is 1.61. The van der Waals surface area contributed by atoms with Gasteiger partial charge < -0.3 is 4.90 Å². The molecule has 0 saturated carbocycles. The molecule has 1 aromatic heterocycles. The monoisotopic (exact) mass is 195 g/mol. The van der Waals surface area contributed by atoms with E-state index in [4.69, 9.17) is 10.6 Å². The van der Waals surface area contributed by atoms with Crippen molar-refractivity contribution in [3.8, 4) is 0 Å². The molecule has 0 saturated heterocycles. The maximum Gasteiger partial charge on any atom is 0.225 e. The number of amidine groups is 1.